The number of nitrogens with zero attached hydrogens (tertiary/aromatic N) is 1. The number of aromatic hydroxyl groups is 1. The summed E-state index contributed by atoms with van der Waals surface area (Å²) in [6.45, 7) is 3.72. The Morgan fingerprint density at radius 3 is 2.56 bits per heavy atom. The van der Waals surface area contributed by atoms with Gasteiger partial charge in [-0.15, -0.1) is 0 Å². The van der Waals surface area contributed by atoms with Crippen molar-refractivity contribution >= 4 is 10.2 Å². The monoisotopic (exact) mass is 244 g/mol. The van der Waals surface area contributed by atoms with Crippen molar-refractivity contribution in [2.24, 2.45) is 5.14 Å². The van der Waals surface area contributed by atoms with Gasteiger partial charge < -0.3 is 5.11 Å². The maximum atomic E-state index is 11.3. The summed E-state index contributed by atoms with van der Waals surface area (Å²) in [5.41, 5.74) is 0.705. The number of hydrogen-bond donors (Lipinski definition) is 2. The van der Waals surface area contributed by atoms with Crippen LogP contribution in [0.5, 0.6) is 5.75 Å². The fourth-order valence-corrected chi connectivity index (χ4v) is 2.55. The van der Waals surface area contributed by atoms with Gasteiger partial charge in [-0.2, -0.15) is 12.7 Å². The zero-order chi connectivity index (χ0) is 12.3. The highest BCUT2D eigenvalue weighted by molar-refractivity contribution is 7.86. The molecule has 0 fully saturated rings. The number of rotatable bonds is 4. The molecule has 1 aromatic rings. The molecule has 0 aliphatic heterocycles. The molecule has 3 N–H and O–H groups in total. The summed E-state index contributed by atoms with van der Waals surface area (Å²) in [5.74, 6) is 0.106. The van der Waals surface area contributed by atoms with E-state index in [2.05, 4.69) is 0 Å². The molecular formula is C10H16N2O3S. The van der Waals surface area contributed by atoms with E-state index in [1.165, 1.54) is 16.4 Å². The highest BCUT2D eigenvalue weighted by Gasteiger charge is 2.23. The van der Waals surface area contributed by atoms with Crippen LogP contribution in [0.15, 0.2) is 24.3 Å². The summed E-state index contributed by atoms with van der Waals surface area (Å²) in [5, 5.41) is 14.4. The fourth-order valence-electron chi connectivity index (χ4n) is 1.63. The topological polar surface area (TPSA) is 83.6 Å². The second-order valence-corrected chi connectivity index (χ2v) is 5.02. The fraction of sp³-hybridized carbons (Fsp3) is 0.400. The minimum Gasteiger partial charge on any atom is -0.508 e. The number of phenols is 1. The van der Waals surface area contributed by atoms with E-state index < -0.39 is 16.3 Å². The Kier molecular flexibility index (Phi) is 3.90. The number of phenolic OH excluding ortho intramolecular Hbond substituents is 1. The van der Waals surface area contributed by atoms with Crippen molar-refractivity contribution in [1.82, 2.24) is 4.31 Å². The standard InChI is InChI=1S/C10H16N2O3S/c1-3-12(16(11,14)15)8(2)9-5-4-6-10(13)7-9/h4-8,13H,3H2,1-2H3,(H2,11,14,15). The molecule has 0 heterocycles. The summed E-state index contributed by atoms with van der Waals surface area (Å²) >= 11 is 0. The van der Waals surface area contributed by atoms with Gasteiger partial charge >= 0.3 is 0 Å². The normalized spacial score (nSPS) is 14.0. The van der Waals surface area contributed by atoms with Crippen LogP contribution in [0.2, 0.25) is 0 Å². The first kappa shape index (κ1) is 13.0. The number of benzene rings is 1. The first-order valence-electron chi connectivity index (χ1n) is 4.94. The maximum absolute atomic E-state index is 11.3. The molecule has 0 aromatic heterocycles. The number of hydrogen-bond acceptors (Lipinski definition) is 3. The highest BCUT2D eigenvalue weighted by atomic mass is 32.2. The Hall–Kier alpha value is -1.11. The summed E-state index contributed by atoms with van der Waals surface area (Å²) in [4.78, 5) is 0. The van der Waals surface area contributed by atoms with Crippen molar-refractivity contribution in [3.63, 3.8) is 0 Å². The van der Waals surface area contributed by atoms with E-state index in [1.54, 1.807) is 26.0 Å². The molecule has 5 nitrogen and oxygen atoms in total. The zero-order valence-electron chi connectivity index (χ0n) is 9.29. The maximum Gasteiger partial charge on any atom is 0.277 e. The van der Waals surface area contributed by atoms with Crippen LogP contribution in [0.3, 0.4) is 0 Å². The highest BCUT2D eigenvalue weighted by Crippen LogP contribution is 2.24. The second kappa shape index (κ2) is 4.82. The molecule has 90 valence electrons. The molecule has 6 heteroatoms. The van der Waals surface area contributed by atoms with Gasteiger partial charge in [-0.1, -0.05) is 19.1 Å². The third kappa shape index (κ3) is 2.94. The Bertz CT molecular complexity index is 459. The van der Waals surface area contributed by atoms with Gasteiger partial charge in [-0.25, -0.2) is 5.14 Å². The predicted molar refractivity (Wildman–Crippen MR) is 62.0 cm³/mol. The van der Waals surface area contributed by atoms with Crippen molar-refractivity contribution in [3.8, 4) is 5.75 Å². The van der Waals surface area contributed by atoms with Crippen molar-refractivity contribution < 1.29 is 13.5 Å². The van der Waals surface area contributed by atoms with E-state index >= 15 is 0 Å². The average molecular weight is 244 g/mol. The van der Waals surface area contributed by atoms with E-state index in [-0.39, 0.29) is 12.3 Å². The van der Waals surface area contributed by atoms with Crippen LogP contribution < -0.4 is 5.14 Å². The summed E-state index contributed by atoms with van der Waals surface area (Å²) in [6, 6.07) is 6.07. The van der Waals surface area contributed by atoms with E-state index in [0.717, 1.165) is 0 Å². The van der Waals surface area contributed by atoms with Crippen LogP contribution in [-0.2, 0) is 10.2 Å². The molecule has 0 amide bonds. The van der Waals surface area contributed by atoms with E-state index in [9.17, 15) is 13.5 Å². The molecule has 1 aromatic carbocycles. The molecule has 1 unspecified atom stereocenters. The Labute approximate surface area is 95.7 Å². The largest absolute Gasteiger partial charge is 0.508 e. The van der Waals surface area contributed by atoms with Crippen LogP contribution in [0.4, 0.5) is 0 Å². The summed E-state index contributed by atoms with van der Waals surface area (Å²) < 4.78 is 23.8. The SMILES string of the molecule is CCN(C(C)c1cccc(O)c1)S(N)(=O)=O. The quantitative estimate of drug-likeness (QED) is 0.828. The molecular weight excluding hydrogens is 228 g/mol. The third-order valence-electron chi connectivity index (χ3n) is 2.42. The van der Waals surface area contributed by atoms with E-state index in [4.69, 9.17) is 5.14 Å². The lowest BCUT2D eigenvalue weighted by molar-refractivity contribution is 0.356. The zero-order valence-corrected chi connectivity index (χ0v) is 10.1. The van der Waals surface area contributed by atoms with Gasteiger partial charge in [0.2, 0.25) is 0 Å². The summed E-state index contributed by atoms with van der Waals surface area (Å²) in [7, 11) is -3.72. The minimum atomic E-state index is -3.72. The smallest absolute Gasteiger partial charge is 0.277 e. The summed E-state index contributed by atoms with van der Waals surface area (Å²) in [6.07, 6.45) is 0. The predicted octanol–water partition coefficient (Wildman–Crippen LogP) is 0.979. The Balaban J connectivity index is 3.05. The van der Waals surface area contributed by atoms with Crippen molar-refractivity contribution in [2.75, 3.05) is 6.54 Å². The molecule has 0 saturated heterocycles. The molecule has 1 rings (SSSR count). The Morgan fingerprint density at radius 2 is 2.12 bits per heavy atom. The van der Waals surface area contributed by atoms with Gasteiger partial charge in [-0.05, 0) is 24.6 Å². The van der Waals surface area contributed by atoms with Gasteiger partial charge in [0.15, 0.2) is 0 Å². The minimum absolute atomic E-state index is 0.106. The van der Waals surface area contributed by atoms with Gasteiger partial charge in [-0.3, -0.25) is 0 Å². The average Bonchev–Trinajstić information content (AvgIpc) is 2.16. The van der Waals surface area contributed by atoms with E-state index in [1.807, 2.05) is 0 Å². The molecule has 0 aliphatic rings. The van der Waals surface area contributed by atoms with Crippen LogP contribution >= 0.6 is 0 Å². The van der Waals surface area contributed by atoms with Gasteiger partial charge in [0, 0.05) is 12.6 Å². The van der Waals surface area contributed by atoms with Crippen LogP contribution in [-0.4, -0.2) is 24.4 Å². The van der Waals surface area contributed by atoms with E-state index in [0.29, 0.717) is 5.56 Å². The van der Waals surface area contributed by atoms with Crippen molar-refractivity contribution in [2.45, 2.75) is 19.9 Å². The lowest BCUT2D eigenvalue weighted by atomic mass is 10.1. The van der Waals surface area contributed by atoms with Crippen molar-refractivity contribution in [1.29, 1.82) is 0 Å². The molecule has 0 radical (unpaired) electrons. The van der Waals surface area contributed by atoms with Gasteiger partial charge in [0.1, 0.15) is 5.75 Å². The molecule has 0 spiro atoms. The number of nitrogens with two attached hydrogens (primary N) is 1. The third-order valence-corrected chi connectivity index (χ3v) is 3.65. The first-order valence-corrected chi connectivity index (χ1v) is 6.45. The van der Waals surface area contributed by atoms with Crippen LogP contribution in [0, 0.1) is 0 Å². The first-order chi connectivity index (χ1) is 7.36. The Morgan fingerprint density at radius 1 is 1.50 bits per heavy atom. The molecule has 0 bridgehead atoms. The lowest BCUT2D eigenvalue weighted by Gasteiger charge is -2.25. The molecule has 0 aliphatic carbocycles. The molecule has 1 atom stereocenters. The van der Waals surface area contributed by atoms with Gasteiger partial charge in [0.05, 0.1) is 0 Å². The van der Waals surface area contributed by atoms with Crippen LogP contribution in [0.1, 0.15) is 25.5 Å². The molecule has 16 heavy (non-hydrogen) atoms. The molecule has 0 saturated carbocycles. The van der Waals surface area contributed by atoms with Gasteiger partial charge in [0.25, 0.3) is 10.2 Å². The van der Waals surface area contributed by atoms with Crippen molar-refractivity contribution in [3.05, 3.63) is 29.8 Å². The second-order valence-electron chi connectivity index (χ2n) is 3.52. The van der Waals surface area contributed by atoms with Crippen LogP contribution in [0.25, 0.3) is 0 Å². The lowest BCUT2D eigenvalue weighted by Crippen LogP contribution is -2.38.